The Balaban J connectivity index is 1.84. The standard InChI is InChI=1S/C23H33N3O2S/c1-16-10-11-18-14-19(22(27)25-21(18)17(16)2)15-26(20-8-5-4-6-9-20)23(29)24-12-7-13-28-3/h10-11,14,20H,4-9,12-13,15H2,1-3H3,(H,24,29)(H,25,27). The van der Waals surface area contributed by atoms with Crippen molar-refractivity contribution >= 4 is 28.2 Å². The molecule has 1 heterocycles. The first-order valence-electron chi connectivity index (χ1n) is 10.7. The highest BCUT2D eigenvalue weighted by atomic mass is 32.1. The molecule has 0 bridgehead atoms. The molecule has 0 amide bonds. The summed E-state index contributed by atoms with van der Waals surface area (Å²) in [5.41, 5.74) is 4.00. The van der Waals surface area contributed by atoms with Crippen molar-refractivity contribution in [3.63, 3.8) is 0 Å². The van der Waals surface area contributed by atoms with Crippen LogP contribution in [-0.2, 0) is 11.3 Å². The highest BCUT2D eigenvalue weighted by Crippen LogP contribution is 2.25. The number of H-pyrrole nitrogens is 1. The number of nitrogens with zero attached hydrogens (tertiary/aromatic N) is 1. The molecule has 29 heavy (non-hydrogen) atoms. The highest BCUT2D eigenvalue weighted by Gasteiger charge is 2.24. The molecule has 0 atom stereocenters. The van der Waals surface area contributed by atoms with Gasteiger partial charge in [-0.3, -0.25) is 4.79 Å². The number of pyridine rings is 1. The molecular formula is C23H33N3O2S. The van der Waals surface area contributed by atoms with Gasteiger partial charge in [-0.15, -0.1) is 0 Å². The molecule has 0 spiro atoms. The fraction of sp³-hybridized carbons (Fsp3) is 0.565. The van der Waals surface area contributed by atoms with E-state index in [9.17, 15) is 4.79 Å². The number of ether oxygens (including phenoxy) is 1. The molecule has 1 saturated carbocycles. The van der Waals surface area contributed by atoms with Crippen LogP contribution in [0.4, 0.5) is 0 Å². The number of thiocarbonyl (C=S) groups is 1. The van der Waals surface area contributed by atoms with Gasteiger partial charge in [0.2, 0.25) is 0 Å². The van der Waals surface area contributed by atoms with Crippen LogP contribution < -0.4 is 10.9 Å². The number of aromatic nitrogens is 1. The third-order valence-electron chi connectivity index (χ3n) is 6.05. The Bertz CT molecular complexity index is 903. The van der Waals surface area contributed by atoms with Crippen LogP contribution in [0, 0.1) is 13.8 Å². The molecule has 0 aliphatic heterocycles. The number of methoxy groups -OCH3 is 1. The van der Waals surface area contributed by atoms with E-state index in [4.69, 9.17) is 17.0 Å². The van der Waals surface area contributed by atoms with E-state index in [-0.39, 0.29) is 5.56 Å². The van der Waals surface area contributed by atoms with Crippen LogP contribution in [0.5, 0.6) is 0 Å². The predicted molar refractivity (Wildman–Crippen MR) is 124 cm³/mol. The molecule has 1 aromatic heterocycles. The van der Waals surface area contributed by atoms with E-state index in [0.29, 0.717) is 19.2 Å². The summed E-state index contributed by atoms with van der Waals surface area (Å²) in [5.74, 6) is 0. The average molecular weight is 416 g/mol. The fourth-order valence-corrected chi connectivity index (χ4v) is 4.46. The van der Waals surface area contributed by atoms with Gasteiger partial charge in [-0.05, 0) is 67.9 Å². The number of benzene rings is 1. The lowest BCUT2D eigenvalue weighted by Gasteiger charge is -2.36. The minimum Gasteiger partial charge on any atom is -0.385 e. The minimum atomic E-state index is -0.0193. The van der Waals surface area contributed by atoms with E-state index in [2.05, 4.69) is 41.2 Å². The SMILES string of the molecule is COCCCNC(=S)N(Cc1cc2ccc(C)c(C)c2[nH]c1=O)C1CCCCC1. The van der Waals surface area contributed by atoms with E-state index in [1.54, 1.807) is 7.11 Å². The van der Waals surface area contributed by atoms with Crippen LogP contribution in [0.3, 0.4) is 0 Å². The van der Waals surface area contributed by atoms with Crippen LogP contribution >= 0.6 is 12.2 Å². The lowest BCUT2D eigenvalue weighted by Crippen LogP contribution is -2.47. The Labute approximate surface area is 178 Å². The summed E-state index contributed by atoms with van der Waals surface area (Å²) in [7, 11) is 1.71. The maximum Gasteiger partial charge on any atom is 0.253 e. The van der Waals surface area contributed by atoms with E-state index < -0.39 is 0 Å². The lowest BCUT2D eigenvalue weighted by atomic mass is 9.94. The van der Waals surface area contributed by atoms with E-state index in [1.807, 2.05) is 6.07 Å². The zero-order chi connectivity index (χ0) is 20.8. The van der Waals surface area contributed by atoms with Crippen LogP contribution in [0.15, 0.2) is 23.0 Å². The molecular weight excluding hydrogens is 382 g/mol. The molecule has 1 fully saturated rings. The van der Waals surface area contributed by atoms with Crippen molar-refractivity contribution in [2.24, 2.45) is 0 Å². The Morgan fingerprint density at radius 3 is 2.76 bits per heavy atom. The van der Waals surface area contributed by atoms with Crippen molar-refractivity contribution in [2.45, 2.75) is 65.0 Å². The van der Waals surface area contributed by atoms with Gasteiger partial charge in [0.1, 0.15) is 0 Å². The molecule has 1 aromatic carbocycles. The second-order valence-electron chi connectivity index (χ2n) is 8.09. The summed E-state index contributed by atoms with van der Waals surface area (Å²) < 4.78 is 5.13. The molecule has 158 valence electrons. The number of nitrogens with one attached hydrogen (secondary N) is 2. The molecule has 0 radical (unpaired) electrons. The molecule has 0 saturated heterocycles. The topological polar surface area (TPSA) is 57.4 Å². The predicted octanol–water partition coefficient (Wildman–Crippen LogP) is 4.19. The third-order valence-corrected chi connectivity index (χ3v) is 6.43. The molecule has 1 aliphatic carbocycles. The Morgan fingerprint density at radius 2 is 2.03 bits per heavy atom. The lowest BCUT2D eigenvalue weighted by molar-refractivity contribution is 0.194. The number of hydrogen-bond acceptors (Lipinski definition) is 3. The van der Waals surface area contributed by atoms with Crippen molar-refractivity contribution in [1.82, 2.24) is 15.2 Å². The Morgan fingerprint density at radius 1 is 1.28 bits per heavy atom. The first-order chi connectivity index (χ1) is 14.0. The van der Waals surface area contributed by atoms with Gasteiger partial charge in [0.05, 0.1) is 12.1 Å². The van der Waals surface area contributed by atoms with Crippen molar-refractivity contribution in [3.05, 3.63) is 45.2 Å². The summed E-state index contributed by atoms with van der Waals surface area (Å²) in [4.78, 5) is 18.2. The molecule has 6 heteroatoms. The number of fused-ring (bicyclic) bond motifs is 1. The number of aryl methyl sites for hydroxylation is 2. The van der Waals surface area contributed by atoms with Gasteiger partial charge >= 0.3 is 0 Å². The summed E-state index contributed by atoms with van der Waals surface area (Å²) in [5, 5.41) is 5.19. The molecule has 5 nitrogen and oxygen atoms in total. The van der Waals surface area contributed by atoms with Crippen molar-refractivity contribution in [1.29, 1.82) is 0 Å². The summed E-state index contributed by atoms with van der Waals surface area (Å²) in [6, 6.07) is 6.62. The van der Waals surface area contributed by atoms with Crippen LogP contribution in [-0.4, -0.2) is 41.3 Å². The van der Waals surface area contributed by atoms with E-state index in [0.717, 1.165) is 52.9 Å². The van der Waals surface area contributed by atoms with Gasteiger partial charge in [0.15, 0.2) is 5.11 Å². The van der Waals surface area contributed by atoms with Crippen molar-refractivity contribution in [3.8, 4) is 0 Å². The van der Waals surface area contributed by atoms with Gasteiger partial charge in [-0.25, -0.2) is 0 Å². The normalized spacial score (nSPS) is 14.9. The highest BCUT2D eigenvalue weighted by molar-refractivity contribution is 7.80. The minimum absolute atomic E-state index is 0.0193. The van der Waals surface area contributed by atoms with Crippen LogP contribution in [0.2, 0.25) is 0 Å². The second-order valence-corrected chi connectivity index (χ2v) is 8.48. The zero-order valence-corrected chi connectivity index (χ0v) is 18.7. The number of aromatic amines is 1. The largest absolute Gasteiger partial charge is 0.385 e. The fourth-order valence-electron chi connectivity index (χ4n) is 4.14. The third kappa shape index (κ3) is 5.37. The Kier molecular flexibility index (Phi) is 7.67. The number of hydrogen-bond donors (Lipinski definition) is 2. The second kappa shape index (κ2) is 10.2. The maximum atomic E-state index is 12.9. The number of rotatable bonds is 7. The van der Waals surface area contributed by atoms with Gasteiger partial charge in [0, 0.05) is 31.9 Å². The van der Waals surface area contributed by atoms with E-state index >= 15 is 0 Å². The van der Waals surface area contributed by atoms with Gasteiger partial charge in [-0.2, -0.15) is 0 Å². The van der Waals surface area contributed by atoms with Crippen LogP contribution in [0.25, 0.3) is 10.9 Å². The van der Waals surface area contributed by atoms with Crippen LogP contribution in [0.1, 0.15) is 55.2 Å². The molecule has 2 aromatic rings. The molecule has 1 aliphatic rings. The zero-order valence-electron chi connectivity index (χ0n) is 17.8. The summed E-state index contributed by atoms with van der Waals surface area (Å²) >= 11 is 5.74. The Hall–Kier alpha value is -1.92. The monoisotopic (exact) mass is 415 g/mol. The van der Waals surface area contributed by atoms with Gasteiger partial charge in [-0.1, -0.05) is 31.4 Å². The summed E-state index contributed by atoms with van der Waals surface area (Å²) in [6.45, 7) is 6.16. The smallest absolute Gasteiger partial charge is 0.253 e. The summed E-state index contributed by atoms with van der Waals surface area (Å²) in [6.07, 6.45) is 6.89. The van der Waals surface area contributed by atoms with Gasteiger partial charge < -0.3 is 19.9 Å². The van der Waals surface area contributed by atoms with Crippen molar-refractivity contribution < 1.29 is 4.74 Å². The maximum absolute atomic E-state index is 12.9. The van der Waals surface area contributed by atoms with Crippen molar-refractivity contribution in [2.75, 3.05) is 20.3 Å². The van der Waals surface area contributed by atoms with Gasteiger partial charge in [0.25, 0.3) is 5.56 Å². The first-order valence-corrected chi connectivity index (χ1v) is 11.1. The molecule has 2 N–H and O–H groups in total. The molecule has 0 unspecified atom stereocenters. The first kappa shape index (κ1) is 21.8. The van der Waals surface area contributed by atoms with E-state index in [1.165, 1.54) is 24.8 Å². The quantitative estimate of drug-likeness (QED) is 0.525. The average Bonchev–Trinajstić information content (AvgIpc) is 2.73. The molecule has 3 rings (SSSR count).